The Morgan fingerprint density at radius 3 is 1.61 bits per heavy atom. The van der Waals surface area contributed by atoms with Crippen LogP contribution >= 0.6 is 7.37 Å². The highest BCUT2D eigenvalue weighted by molar-refractivity contribution is 7.60. The zero-order chi connectivity index (χ0) is 13.2. The fraction of sp³-hybridized carbons (Fsp3) is 1.00. The van der Waals surface area contributed by atoms with Gasteiger partial charge in [0.1, 0.15) is 12.3 Å². The summed E-state index contributed by atoms with van der Waals surface area (Å²) in [5.74, 6) is 0. The van der Waals surface area contributed by atoms with Crippen LogP contribution < -0.4 is 0 Å². The largest absolute Gasteiger partial charge is 0.331 e. The van der Waals surface area contributed by atoms with Crippen LogP contribution in [0.4, 0.5) is 8.78 Å². The number of rotatable bonds is 3. The molecule has 0 aromatic heterocycles. The molecule has 2 aliphatic rings. The van der Waals surface area contributed by atoms with E-state index in [1.165, 1.54) is 7.11 Å². The molecule has 0 spiro atoms. The first-order valence-electron chi connectivity index (χ1n) is 7.03. The lowest BCUT2D eigenvalue weighted by Crippen LogP contribution is -2.36. The quantitative estimate of drug-likeness (QED) is 0.713. The second-order valence-electron chi connectivity index (χ2n) is 5.56. The van der Waals surface area contributed by atoms with Crippen LogP contribution in [0.2, 0.25) is 0 Å². The lowest BCUT2D eigenvalue weighted by atomic mass is 9.98. The Morgan fingerprint density at radius 2 is 1.28 bits per heavy atom. The Kier molecular flexibility index (Phi) is 4.82. The van der Waals surface area contributed by atoms with E-state index in [0.717, 1.165) is 25.7 Å². The van der Waals surface area contributed by atoms with E-state index in [4.69, 9.17) is 4.52 Å². The Hall–Kier alpha value is 0.0500. The Morgan fingerprint density at radius 1 is 0.889 bits per heavy atom. The maximum absolute atomic E-state index is 14.0. The van der Waals surface area contributed by atoms with E-state index >= 15 is 0 Å². The second kappa shape index (κ2) is 6.00. The van der Waals surface area contributed by atoms with Gasteiger partial charge in [-0.05, 0) is 25.7 Å². The summed E-state index contributed by atoms with van der Waals surface area (Å²) < 4.78 is 46.3. The van der Waals surface area contributed by atoms with Crippen molar-refractivity contribution in [1.82, 2.24) is 0 Å². The third-order valence-electron chi connectivity index (χ3n) is 4.50. The van der Waals surface area contributed by atoms with Crippen LogP contribution in [-0.4, -0.2) is 30.8 Å². The minimum Gasteiger partial charge on any atom is -0.331 e. The van der Waals surface area contributed by atoms with Gasteiger partial charge in [-0.25, -0.2) is 8.78 Å². The number of hydrogen-bond acceptors (Lipinski definition) is 2. The topological polar surface area (TPSA) is 26.3 Å². The van der Waals surface area contributed by atoms with E-state index in [0.29, 0.717) is 25.7 Å². The summed E-state index contributed by atoms with van der Waals surface area (Å²) in [6, 6.07) is 0. The van der Waals surface area contributed by atoms with Gasteiger partial charge in [-0.2, -0.15) is 0 Å². The fourth-order valence-corrected chi connectivity index (χ4v) is 6.78. The van der Waals surface area contributed by atoms with Crippen molar-refractivity contribution in [3.8, 4) is 0 Å². The molecular formula is C13H23F2O2P. The second-order valence-corrected chi connectivity index (χ2v) is 8.55. The van der Waals surface area contributed by atoms with Gasteiger partial charge in [-0.1, -0.05) is 25.7 Å². The zero-order valence-electron chi connectivity index (χ0n) is 11.0. The van der Waals surface area contributed by atoms with Crippen LogP contribution in [0.25, 0.3) is 0 Å². The van der Waals surface area contributed by atoms with Crippen molar-refractivity contribution in [2.45, 2.75) is 75.0 Å². The lowest BCUT2D eigenvalue weighted by molar-refractivity contribution is 0.209. The van der Waals surface area contributed by atoms with Crippen LogP contribution in [0.1, 0.15) is 51.4 Å². The van der Waals surface area contributed by atoms with Gasteiger partial charge in [0.15, 0.2) is 0 Å². The van der Waals surface area contributed by atoms with Gasteiger partial charge in [0.25, 0.3) is 0 Å². The van der Waals surface area contributed by atoms with Crippen LogP contribution in [0, 0.1) is 0 Å². The maximum Gasteiger partial charge on any atom is 0.214 e. The number of alkyl halides is 2. The normalized spacial score (nSPS) is 41.3. The molecule has 0 bridgehead atoms. The van der Waals surface area contributed by atoms with Crippen molar-refractivity contribution in [3.05, 3.63) is 0 Å². The maximum atomic E-state index is 14.0. The summed E-state index contributed by atoms with van der Waals surface area (Å²) in [5.41, 5.74) is -1.14. The number of halogens is 2. The zero-order valence-corrected chi connectivity index (χ0v) is 11.9. The van der Waals surface area contributed by atoms with Gasteiger partial charge in [-0.3, -0.25) is 4.57 Å². The summed E-state index contributed by atoms with van der Waals surface area (Å²) in [5, 5.41) is 0. The van der Waals surface area contributed by atoms with Crippen molar-refractivity contribution in [1.29, 1.82) is 0 Å². The van der Waals surface area contributed by atoms with Crippen molar-refractivity contribution in [2.75, 3.05) is 7.11 Å². The Labute approximate surface area is 108 Å². The van der Waals surface area contributed by atoms with E-state index in [1.807, 2.05) is 0 Å². The van der Waals surface area contributed by atoms with Crippen LogP contribution in [0.5, 0.6) is 0 Å². The van der Waals surface area contributed by atoms with Crippen molar-refractivity contribution < 1.29 is 17.9 Å². The molecular weight excluding hydrogens is 257 g/mol. The average Bonchev–Trinajstić information content (AvgIpc) is 2.39. The third-order valence-corrected chi connectivity index (χ3v) is 8.09. The average molecular weight is 280 g/mol. The molecule has 2 rings (SSSR count). The first-order chi connectivity index (χ1) is 8.59. The molecule has 2 aliphatic carbocycles. The highest BCUT2D eigenvalue weighted by Gasteiger charge is 2.49. The predicted octanol–water partition coefficient (Wildman–Crippen LogP) is 4.47. The molecule has 0 saturated heterocycles. The minimum atomic E-state index is -3.21. The summed E-state index contributed by atoms with van der Waals surface area (Å²) in [6.07, 6.45) is 3.31. The molecule has 5 heteroatoms. The van der Waals surface area contributed by atoms with E-state index in [1.54, 1.807) is 0 Å². The summed E-state index contributed by atoms with van der Waals surface area (Å²) in [6.45, 7) is 0. The number of hydrogen-bond donors (Lipinski definition) is 0. The molecule has 4 atom stereocenters. The van der Waals surface area contributed by atoms with Crippen LogP contribution in [0.3, 0.4) is 0 Å². The van der Waals surface area contributed by atoms with E-state index in [-0.39, 0.29) is 0 Å². The third kappa shape index (κ3) is 2.65. The monoisotopic (exact) mass is 280 g/mol. The van der Waals surface area contributed by atoms with E-state index in [2.05, 4.69) is 0 Å². The van der Waals surface area contributed by atoms with Gasteiger partial charge in [-0.15, -0.1) is 0 Å². The summed E-state index contributed by atoms with van der Waals surface area (Å²) >= 11 is 0. The highest BCUT2D eigenvalue weighted by Crippen LogP contribution is 2.63. The molecule has 2 saturated carbocycles. The molecule has 18 heavy (non-hydrogen) atoms. The van der Waals surface area contributed by atoms with E-state index in [9.17, 15) is 13.3 Å². The predicted molar refractivity (Wildman–Crippen MR) is 68.9 cm³/mol. The van der Waals surface area contributed by atoms with E-state index < -0.39 is 31.0 Å². The van der Waals surface area contributed by atoms with Gasteiger partial charge in [0.05, 0.1) is 11.3 Å². The SMILES string of the molecule is COP(=O)(C1CCCCC1F)C1CCCCC1F. The van der Waals surface area contributed by atoms with Gasteiger partial charge in [0, 0.05) is 7.11 Å². The molecule has 2 fully saturated rings. The van der Waals surface area contributed by atoms with Crippen molar-refractivity contribution in [2.24, 2.45) is 0 Å². The first kappa shape index (κ1) is 14.5. The molecule has 0 aliphatic heterocycles. The summed E-state index contributed by atoms with van der Waals surface area (Å²) in [7, 11) is -1.85. The molecule has 0 aromatic rings. The van der Waals surface area contributed by atoms with Gasteiger partial charge < -0.3 is 4.52 Å². The van der Waals surface area contributed by atoms with Gasteiger partial charge >= 0.3 is 0 Å². The first-order valence-corrected chi connectivity index (χ1v) is 8.79. The molecule has 106 valence electrons. The Bertz CT molecular complexity index is 298. The molecule has 0 amide bonds. The highest BCUT2D eigenvalue weighted by atomic mass is 31.2. The minimum absolute atomic E-state index is 0.446. The lowest BCUT2D eigenvalue weighted by Gasteiger charge is -2.39. The summed E-state index contributed by atoms with van der Waals surface area (Å²) in [4.78, 5) is 0. The molecule has 0 radical (unpaired) electrons. The standard InChI is InChI=1S/C13H23F2O2P/c1-17-18(16,12-8-4-2-6-10(12)14)13-9-5-3-7-11(13)15/h10-13H,2-9H2,1H3. The van der Waals surface area contributed by atoms with Crippen molar-refractivity contribution in [3.63, 3.8) is 0 Å². The molecule has 0 heterocycles. The Balaban J connectivity index is 2.20. The van der Waals surface area contributed by atoms with Crippen LogP contribution in [0.15, 0.2) is 0 Å². The van der Waals surface area contributed by atoms with Crippen molar-refractivity contribution >= 4 is 7.37 Å². The smallest absolute Gasteiger partial charge is 0.214 e. The fourth-order valence-electron chi connectivity index (χ4n) is 3.46. The van der Waals surface area contributed by atoms with Gasteiger partial charge in [0.2, 0.25) is 7.37 Å². The molecule has 0 aromatic carbocycles. The van der Waals surface area contributed by atoms with Crippen LogP contribution in [-0.2, 0) is 9.09 Å². The molecule has 2 nitrogen and oxygen atoms in total. The molecule has 4 unspecified atom stereocenters. The molecule has 0 N–H and O–H groups in total.